The molecule has 0 atom stereocenters. The highest BCUT2D eigenvalue weighted by Gasteiger charge is 2.15. The number of pyridine rings is 1. The molecule has 9 aromatic rings. The molecule has 6 heteroatoms. The van der Waals surface area contributed by atoms with Gasteiger partial charge in [-0.05, 0) is 46.5 Å². The average Bonchev–Trinajstić information content (AvgIpc) is 3.27. The molecule has 0 aliphatic carbocycles. The molecule has 6 aromatic carbocycles. The number of rotatable bonds is 8. The molecule has 254 valence electrons. The third-order valence-electron chi connectivity index (χ3n) is 9.23. The molecule has 0 amide bonds. The second-order valence-electron chi connectivity index (χ2n) is 12.8. The van der Waals surface area contributed by atoms with Gasteiger partial charge < -0.3 is 0 Å². The second-order valence-corrected chi connectivity index (χ2v) is 12.8. The number of nitrogens with zero attached hydrogens (tertiary/aromatic N) is 6. The lowest BCUT2D eigenvalue weighted by atomic mass is 9.99. The predicted molar refractivity (Wildman–Crippen MR) is 217 cm³/mol. The number of hydrogen-bond donors (Lipinski definition) is 0. The summed E-state index contributed by atoms with van der Waals surface area (Å²) in [4.78, 5) is 29.5. The summed E-state index contributed by atoms with van der Waals surface area (Å²) in [6.45, 7) is 0. The Morgan fingerprint density at radius 2 is 0.630 bits per heavy atom. The van der Waals surface area contributed by atoms with Crippen molar-refractivity contribution in [2.45, 2.75) is 0 Å². The molecule has 0 aliphatic rings. The summed E-state index contributed by atoms with van der Waals surface area (Å²) in [5.41, 5.74) is 11.5. The Labute approximate surface area is 313 Å². The van der Waals surface area contributed by atoms with Gasteiger partial charge in [0, 0.05) is 34.0 Å². The predicted octanol–water partition coefficient (Wildman–Crippen LogP) is 11.4. The largest absolute Gasteiger partial charge is 0.253 e. The van der Waals surface area contributed by atoms with Crippen molar-refractivity contribution >= 4 is 0 Å². The molecular formula is C48H32N6. The van der Waals surface area contributed by atoms with Crippen LogP contribution in [0.5, 0.6) is 0 Å². The van der Waals surface area contributed by atoms with Gasteiger partial charge in [0.2, 0.25) is 0 Å². The maximum atomic E-state index is 5.09. The minimum Gasteiger partial charge on any atom is -0.253 e. The Morgan fingerprint density at radius 1 is 0.222 bits per heavy atom. The minimum atomic E-state index is 0.506. The maximum Gasteiger partial charge on any atom is 0.182 e. The van der Waals surface area contributed by atoms with Gasteiger partial charge in [0.15, 0.2) is 23.3 Å². The minimum absolute atomic E-state index is 0.506. The highest BCUT2D eigenvalue weighted by molar-refractivity contribution is 5.78. The van der Waals surface area contributed by atoms with E-state index >= 15 is 0 Å². The van der Waals surface area contributed by atoms with E-state index in [-0.39, 0.29) is 0 Å². The van der Waals surface area contributed by atoms with Crippen molar-refractivity contribution in [2.24, 2.45) is 0 Å². The normalized spacial score (nSPS) is 11.0. The molecule has 0 saturated heterocycles. The van der Waals surface area contributed by atoms with Crippen molar-refractivity contribution in [1.29, 1.82) is 0 Å². The van der Waals surface area contributed by atoms with Gasteiger partial charge >= 0.3 is 0 Å². The maximum absolute atomic E-state index is 5.09. The van der Waals surface area contributed by atoms with Crippen molar-refractivity contribution in [3.05, 3.63) is 194 Å². The van der Waals surface area contributed by atoms with Crippen LogP contribution in [0.3, 0.4) is 0 Å². The summed E-state index contributed by atoms with van der Waals surface area (Å²) in [7, 11) is 0. The molecule has 0 N–H and O–H groups in total. The van der Waals surface area contributed by atoms with Gasteiger partial charge in [-0.15, -0.1) is 0 Å². The van der Waals surface area contributed by atoms with Crippen molar-refractivity contribution in [1.82, 2.24) is 29.9 Å². The van der Waals surface area contributed by atoms with Gasteiger partial charge in [-0.1, -0.05) is 164 Å². The summed E-state index contributed by atoms with van der Waals surface area (Å²) in [6, 6.07) is 63.5. The summed E-state index contributed by atoms with van der Waals surface area (Å²) in [5.74, 6) is 2.37. The van der Waals surface area contributed by atoms with Crippen LogP contribution in [0.2, 0.25) is 0 Å². The lowest BCUT2D eigenvalue weighted by Crippen LogP contribution is -2.01. The summed E-state index contributed by atoms with van der Waals surface area (Å²) in [5, 5.41) is 0. The van der Waals surface area contributed by atoms with Crippen molar-refractivity contribution < 1.29 is 0 Å². The molecule has 0 unspecified atom stereocenters. The van der Waals surface area contributed by atoms with Crippen LogP contribution < -0.4 is 0 Å². The summed E-state index contributed by atoms with van der Waals surface area (Å²) < 4.78 is 0. The average molecular weight is 693 g/mol. The van der Waals surface area contributed by atoms with E-state index < -0.39 is 0 Å². The number of benzene rings is 6. The number of hydrogen-bond acceptors (Lipinski definition) is 6. The molecule has 0 bridgehead atoms. The van der Waals surface area contributed by atoms with E-state index in [1.54, 1.807) is 6.20 Å². The fourth-order valence-electron chi connectivity index (χ4n) is 6.44. The fraction of sp³-hybridized carbons (Fsp3) is 0. The molecule has 0 radical (unpaired) electrons. The molecular weight excluding hydrogens is 661 g/mol. The lowest BCUT2D eigenvalue weighted by Gasteiger charge is -2.12. The van der Waals surface area contributed by atoms with Gasteiger partial charge in [0.1, 0.15) is 5.69 Å². The van der Waals surface area contributed by atoms with Gasteiger partial charge in [-0.3, -0.25) is 4.98 Å². The van der Waals surface area contributed by atoms with E-state index in [0.717, 1.165) is 55.9 Å². The third kappa shape index (κ3) is 6.92. The van der Waals surface area contributed by atoms with E-state index in [9.17, 15) is 0 Å². The van der Waals surface area contributed by atoms with E-state index in [1.807, 2.05) is 109 Å². The molecule has 3 heterocycles. The molecule has 0 spiro atoms. The van der Waals surface area contributed by atoms with E-state index in [1.165, 1.54) is 5.56 Å². The van der Waals surface area contributed by atoms with Crippen molar-refractivity contribution in [2.75, 3.05) is 0 Å². The smallest absolute Gasteiger partial charge is 0.182 e. The van der Waals surface area contributed by atoms with Crippen molar-refractivity contribution in [3.8, 4) is 90.5 Å². The monoisotopic (exact) mass is 692 g/mol. The SMILES string of the molecule is c1ccc(-c2ccc(-c3cc(-c4cccc(-c5ccnc(-c6nc(-c7ccccc7)nc(-c7ccccc7)n6)c5)c4)nc(-c4ccccc4)n3)cc2)cc1. The van der Waals surface area contributed by atoms with Crippen LogP contribution in [-0.4, -0.2) is 29.9 Å². The van der Waals surface area contributed by atoms with Crippen LogP contribution in [0.15, 0.2) is 194 Å². The van der Waals surface area contributed by atoms with Crippen LogP contribution in [0.1, 0.15) is 0 Å². The third-order valence-corrected chi connectivity index (χ3v) is 9.23. The first kappa shape index (κ1) is 32.5. The van der Waals surface area contributed by atoms with Crippen LogP contribution in [0.25, 0.3) is 90.5 Å². The first-order valence-electron chi connectivity index (χ1n) is 17.8. The highest BCUT2D eigenvalue weighted by Crippen LogP contribution is 2.32. The highest BCUT2D eigenvalue weighted by atomic mass is 15.0. The molecule has 6 nitrogen and oxygen atoms in total. The van der Waals surface area contributed by atoms with Crippen LogP contribution in [0.4, 0.5) is 0 Å². The first-order valence-corrected chi connectivity index (χ1v) is 17.8. The van der Waals surface area contributed by atoms with Gasteiger partial charge in [0.25, 0.3) is 0 Å². The lowest BCUT2D eigenvalue weighted by molar-refractivity contribution is 1.06. The van der Waals surface area contributed by atoms with E-state index in [0.29, 0.717) is 29.0 Å². The molecule has 3 aromatic heterocycles. The Balaban J connectivity index is 1.10. The summed E-state index contributed by atoms with van der Waals surface area (Å²) >= 11 is 0. The molecule has 54 heavy (non-hydrogen) atoms. The first-order chi connectivity index (χ1) is 26.7. The van der Waals surface area contributed by atoms with Crippen molar-refractivity contribution in [3.63, 3.8) is 0 Å². The van der Waals surface area contributed by atoms with E-state index in [4.69, 9.17) is 29.9 Å². The fourth-order valence-corrected chi connectivity index (χ4v) is 6.44. The molecule has 0 fully saturated rings. The standard InChI is InChI=1S/C48H32N6/c1-5-14-33(15-6-1)34-24-26-35(27-25-34)42-32-43(51-45(50-42)36-16-7-2-8-17-36)41-23-13-22-39(30-41)40-28-29-49-44(31-40)48-53-46(37-18-9-3-10-19-37)52-47(54-48)38-20-11-4-12-21-38/h1-32H. The zero-order valence-corrected chi connectivity index (χ0v) is 29.2. The van der Waals surface area contributed by atoms with E-state index in [2.05, 4.69) is 78.9 Å². The van der Waals surface area contributed by atoms with Crippen LogP contribution >= 0.6 is 0 Å². The zero-order valence-electron chi connectivity index (χ0n) is 29.2. The second kappa shape index (κ2) is 14.7. The van der Waals surface area contributed by atoms with Gasteiger partial charge in [-0.2, -0.15) is 0 Å². The molecule has 0 aliphatic heterocycles. The van der Waals surface area contributed by atoms with Crippen LogP contribution in [0, 0.1) is 0 Å². The topological polar surface area (TPSA) is 77.3 Å². The quantitative estimate of drug-likeness (QED) is 0.158. The Kier molecular flexibility index (Phi) is 8.81. The summed E-state index contributed by atoms with van der Waals surface area (Å²) in [6.07, 6.45) is 1.81. The van der Waals surface area contributed by atoms with Gasteiger partial charge in [-0.25, -0.2) is 24.9 Å². The molecule has 9 rings (SSSR count). The Hall–Kier alpha value is -7.44. The zero-order chi connectivity index (χ0) is 36.1. The van der Waals surface area contributed by atoms with Crippen LogP contribution in [-0.2, 0) is 0 Å². The Bertz CT molecular complexity index is 2630. The Morgan fingerprint density at radius 3 is 1.20 bits per heavy atom. The van der Waals surface area contributed by atoms with Gasteiger partial charge in [0.05, 0.1) is 11.4 Å². The number of aromatic nitrogens is 6. The molecule has 0 saturated carbocycles.